The van der Waals surface area contributed by atoms with Crippen molar-refractivity contribution in [2.45, 2.75) is 40.2 Å². The number of likely N-dealkylation sites (N-methyl/N-ethyl adjacent to an activating group) is 1. The number of hydrogen-bond donors (Lipinski definition) is 2. The van der Waals surface area contributed by atoms with Gasteiger partial charge in [-0.2, -0.15) is 0 Å². The average Bonchev–Trinajstić information content (AvgIpc) is 2.98. The van der Waals surface area contributed by atoms with Crippen LogP contribution >= 0.6 is 24.0 Å². The first-order chi connectivity index (χ1) is 12.7. The van der Waals surface area contributed by atoms with Crippen LogP contribution in [0.5, 0.6) is 0 Å². The molecule has 0 saturated carbocycles. The molecule has 0 unspecified atom stereocenters. The van der Waals surface area contributed by atoms with Crippen molar-refractivity contribution in [2.75, 3.05) is 39.8 Å². The summed E-state index contributed by atoms with van der Waals surface area (Å²) >= 11 is 0. The highest BCUT2D eigenvalue weighted by Crippen LogP contribution is 2.15. The molecule has 0 bridgehead atoms. The van der Waals surface area contributed by atoms with Gasteiger partial charge in [0.25, 0.3) is 0 Å². The smallest absolute Gasteiger partial charge is 0.191 e. The predicted octanol–water partition coefficient (Wildman–Crippen LogP) is 3.25. The van der Waals surface area contributed by atoms with Crippen molar-refractivity contribution in [3.8, 4) is 0 Å². The highest BCUT2D eigenvalue weighted by Gasteiger charge is 2.06. The van der Waals surface area contributed by atoms with Crippen LogP contribution in [0.3, 0.4) is 0 Å². The molecule has 2 rings (SSSR count). The molecule has 27 heavy (non-hydrogen) atoms. The molecule has 1 aromatic carbocycles. The molecule has 0 aliphatic carbocycles. The van der Waals surface area contributed by atoms with E-state index in [1.165, 1.54) is 11.9 Å². The van der Waals surface area contributed by atoms with Crippen molar-refractivity contribution >= 4 is 41.0 Å². The molecule has 0 atom stereocenters. The number of fused-ring (bicyclic) bond motifs is 1. The topological polar surface area (TPSA) is 57.5 Å². The molecule has 2 aromatic rings. The molecule has 1 aromatic heterocycles. The van der Waals surface area contributed by atoms with Crippen molar-refractivity contribution in [1.82, 2.24) is 25.1 Å². The van der Waals surface area contributed by atoms with E-state index in [4.69, 9.17) is 0 Å². The Morgan fingerprint density at radius 3 is 2.59 bits per heavy atom. The Balaban J connectivity index is 0.00000364. The van der Waals surface area contributed by atoms with E-state index in [9.17, 15) is 0 Å². The number of imidazole rings is 1. The zero-order valence-corrected chi connectivity index (χ0v) is 19.5. The Morgan fingerprint density at radius 2 is 1.89 bits per heavy atom. The van der Waals surface area contributed by atoms with Gasteiger partial charge < -0.3 is 20.1 Å². The molecule has 0 aliphatic rings. The minimum absolute atomic E-state index is 0. The SMILES string of the molecule is CCCN(CC)CCNC(=NC)NCCCn1c(C)nc2ccccc21.I. The number of aryl methyl sites for hydroxylation is 2. The van der Waals surface area contributed by atoms with Gasteiger partial charge in [-0.25, -0.2) is 4.98 Å². The van der Waals surface area contributed by atoms with Crippen molar-refractivity contribution < 1.29 is 0 Å². The molecule has 0 radical (unpaired) electrons. The number of para-hydroxylation sites is 2. The number of nitrogens with one attached hydrogen (secondary N) is 2. The number of nitrogens with zero attached hydrogens (tertiary/aromatic N) is 4. The quantitative estimate of drug-likeness (QED) is 0.234. The number of halogens is 1. The third-order valence-electron chi connectivity index (χ3n) is 4.63. The van der Waals surface area contributed by atoms with Gasteiger partial charge in [-0.15, -0.1) is 24.0 Å². The Bertz CT molecular complexity index is 697. The van der Waals surface area contributed by atoms with Crippen LogP contribution in [0.15, 0.2) is 29.3 Å². The highest BCUT2D eigenvalue weighted by atomic mass is 127. The maximum atomic E-state index is 4.63. The van der Waals surface area contributed by atoms with Gasteiger partial charge in [-0.1, -0.05) is 26.0 Å². The van der Waals surface area contributed by atoms with E-state index in [0.717, 1.165) is 63.0 Å². The molecule has 2 N–H and O–H groups in total. The van der Waals surface area contributed by atoms with Crippen LogP contribution in [0.25, 0.3) is 11.0 Å². The summed E-state index contributed by atoms with van der Waals surface area (Å²) in [4.78, 5) is 11.4. The summed E-state index contributed by atoms with van der Waals surface area (Å²) in [5.41, 5.74) is 2.28. The first-order valence-corrected chi connectivity index (χ1v) is 9.78. The van der Waals surface area contributed by atoms with E-state index in [0.29, 0.717) is 0 Å². The van der Waals surface area contributed by atoms with Gasteiger partial charge in [0.2, 0.25) is 0 Å². The summed E-state index contributed by atoms with van der Waals surface area (Å²) in [5, 5.41) is 6.82. The molecule has 7 heteroatoms. The normalized spacial score (nSPS) is 11.7. The Hall–Kier alpha value is -1.35. The van der Waals surface area contributed by atoms with E-state index in [2.05, 4.69) is 69.0 Å². The van der Waals surface area contributed by atoms with Crippen LogP contribution in [-0.2, 0) is 6.54 Å². The molecule has 0 amide bonds. The summed E-state index contributed by atoms with van der Waals surface area (Å²) in [6, 6.07) is 8.32. The van der Waals surface area contributed by atoms with Crippen LogP contribution in [0.2, 0.25) is 0 Å². The first kappa shape index (κ1) is 23.7. The monoisotopic (exact) mass is 486 g/mol. The van der Waals surface area contributed by atoms with Crippen LogP contribution in [0.4, 0.5) is 0 Å². The fraction of sp³-hybridized carbons (Fsp3) is 0.600. The number of benzene rings is 1. The lowest BCUT2D eigenvalue weighted by atomic mass is 10.3. The van der Waals surface area contributed by atoms with E-state index < -0.39 is 0 Å². The number of hydrogen-bond acceptors (Lipinski definition) is 3. The minimum Gasteiger partial charge on any atom is -0.356 e. The molecule has 0 fully saturated rings. The molecule has 0 spiro atoms. The molecular weight excluding hydrogens is 451 g/mol. The van der Waals surface area contributed by atoms with Crippen LogP contribution in [0, 0.1) is 6.92 Å². The van der Waals surface area contributed by atoms with Crippen LogP contribution in [-0.4, -0.2) is 60.2 Å². The maximum Gasteiger partial charge on any atom is 0.191 e. The van der Waals surface area contributed by atoms with Crippen molar-refractivity contribution in [3.63, 3.8) is 0 Å². The molecule has 152 valence electrons. The van der Waals surface area contributed by atoms with Gasteiger partial charge in [0.05, 0.1) is 11.0 Å². The Morgan fingerprint density at radius 1 is 1.15 bits per heavy atom. The summed E-state index contributed by atoms with van der Waals surface area (Å²) in [7, 11) is 1.83. The molecule has 0 aliphatic heterocycles. The third-order valence-corrected chi connectivity index (χ3v) is 4.63. The standard InChI is InChI=1S/C20H34N6.HI/c1-5-14-25(6-2)16-13-23-20(21-4)22-12-9-15-26-17(3)24-18-10-7-8-11-19(18)26;/h7-8,10-11H,5-6,9,12-16H2,1-4H3,(H2,21,22,23);1H. The van der Waals surface area contributed by atoms with Gasteiger partial charge in [0.15, 0.2) is 5.96 Å². The van der Waals surface area contributed by atoms with Crippen molar-refractivity contribution in [1.29, 1.82) is 0 Å². The maximum absolute atomic E-state index is 4.63. The van der Waals surface area contributed by atoms with Gasteiger partial charge >= 0.3 is 0 Å². The lowest BCUT2D eigenvalue weighted by Gasteiger charge is -2.20. The lowest BCUT2D eigenvalue weighted by molar-refractivity contribution is 0.293. The molecule has 0 saturated heterocycles. The second-order valence-corrected chi connectivity index (χ2v) is 6.51. The molecule has 6 nitrogen and oxygen atoms in total. The fourth-order valence-electron chi connectivity index (χ4n) is 3.22. The second kappa shape index (κ2) is 12.9. The van der Waals surface area contributed by atoms with Gasteiger partial charge in [0.1, 0.15) is 5.82 Å². The van der Waals surface area contributed by atoms with E-state index in [1.807, 2.05) is 13.1 Å². The highest BCUT2D eigenvalue weighted by molar-refractivity contribution is 14.0. The Kier molecular flexibility index (Phi) is 11.3. The zero-order chi connectivity index (χ0) is 18.8. The largest absolute Gasteiger partial charge is 0.356 e. The number of guanidine groups is 1. The van der Waals surface area contributed by atoms with Gasteiger partial charge in [-0.05, 0) is 45.0 Å². The molecular formula is C20H35IN6. The fourth-order valence-corrected chi connectivity index (χ4v) is 3.22. The van der Waals surface area contributed by atoms with Crippen molar-refractivity contribution in [3.05, 3.63) is 30.1 Å². The predicted molar refractivity (Wildman–Crippen MR) is 126 cm³/mol. The molecule has 1 heterocycles. The minimum atomic E-state index is 0. The second-order valence-electron chi connectivity index (χ2n) is 6.51. The first-order valence-electron chi connectivity index (χ1n) is 9.78. The van der Waals surface area contributed by atoms with Crippen molar-refractivity contribution in [2.24, 2.45) is 4.99 Å². The third kappa shape index (κ3) is 7.29. The zero-order valence-electron chi connectivity index (χ0n) is 17.2. The number of rotatable bonds is 10. The number of aromatic nitrogens is 2. The Labute approximate surface area is 180 Å². The summed E-state index contributed by atoms with van der Waals surface area (Å²) < 4.78 is 2.29. The van der Waals surface area contributed by atoms with E-state index in [1.54, 1.807) is 0 Å². The summed E-state index contributed by atoms with van der Waals surface area (Å²) in [5.74, 6) is 1.95. The summed E-state index contributed by atoms with van der Waals surface area (Å²) in [6.45, 7) is 12.6. The van der Waals surface area contributed by atoms with Crippen LogP contribution in [0.1, 0.15) is 32.5 Å². The summed E-state index contributed by atoms with van der Waals surface area (Å²) in [6.07, 6.45) is 2.22. The van der Waals surface area contributed by atoms with Crippen LogP contribution < -0.4 is 10.6 Å². The average molecular weight is 486 g/mol. The van der Waals surface area contributed by atoms with Gasteiger partial charge in [-0.3, -0.25) is 4.99 Å². The lowest BCUT2D eigenvalue weighted by Crippen LogP contribution is -2.42. The van der Waals surface area contributed by atoms with Gasteiger partial charge in [0, 0.05) is 33.2 Å². The van der Waals surface area contributed by atoms with E-state index in [-0.39, 0.29) is 24.0 Å². The van der Waals surface area contributed by atoms with E-state index >= 15 is 0 Å². The number of aliphatic imine (C=N–C) groups is 1.